The maximum Gasteiger partial charge on any atom is 0.328 e. The monoisotopic (exact) mass is 516 g/mol. The highest BCUT2D eigenvalue weighted by Gasteiger charge is 2.22. The summed E-state index contributed by atoms with van der Waals surface area (Å²) < 4.78 is 4.09. The van der Waals surface area contributed by atoms with Crippen molar-refractivity contribution in [3.05, 3.63) is 97.7 Å². The third-order valence-electron chi connectivity index (χ3n) is 5.95. The summed E-state index contributed by atoms with van der Waals surface area (Å²) >= 11 is 1.04. The average molecular weight is 517 g/mol. The number of nitro groups is 1. The van der Waals surface area contributed by atoms with E-state index in [1.807, 2.05) is 6.07 Å². The summed E-state index contributed by atoms with van der Waals surface area (Å²) in [5.41, 5.74) is 0.922. The van der Waals surface area contributed by atoms with Crippen LogP contribution >= 0.6 is 11.8 Å². The van der Waals surface area contributed by atoms with Crippen LogP contribution < -0.4 is 16.6 Å². The highest BCUT2D eigenvalue weighted by molar-refractivity contribution is 7.99. The van der Waals surface area contributed by atoms with E-state index in [0.29, 0.717) is 32.8 Å². The number of nitrogens with zero attached hydrogens (tertiary/aromatic N) is 5. The van der Waals surface area contributed by atoms with Gasteiger partial charge in [0.05, 0.1) is 38.3 Å². The number of hydrogen-bond acceptors (Lipinski definition) is 7. The SMILES string of the molecule is Cn1c(=O)n(C)c2cc([N+](=O)[O-])c(NC(=O)CSc3nc4ccccc4c(=O)n3-c3ccccc3)cc21. The van der Waals surface area contributed by atoms with Gasteiger partial charge in [0.15, 0.2) is 5.16 Å². The lowest BCUT2D eigenvalue weighted by Crippen LogP contribution is -2.23. The van der Waals surface area contributed by atoms with Crippen LogP contribution in [0.2, 0.25) is 0 Å². The first kappa shape index (κ1) is 24.0. The molecule has 0 atom stereocenters. The molecule has 0 bridgehead atoms. The van der Waals surface area contributed by atoms with Gasteiger partial charge in [0.25, 0.3) is 11.2 Å². The van der Waals surface area contributed by atoms with Crippen molar-refractivity contribution < 1.29 is 9.72 Å². The number of para-hydroxylation sites is 2. The molecule has 5 rings (SSSR count). The van der Waals surface area contributed by atoms with Crippen molar-refractivity contribution in [1.29, 1.82) is 0 Å². The minimum absolute atomic E-state index is 0.0313. The maximum absolute atomic E-state index is 13.3. The fourth-order valence-electron chi connectivity index (χ4n) is 4.12. The van der Waals surface area contributed by atoms with Gasteiger partial charge in [0.2, 0.25) is 5.91 Å². The van der Waals surface area contributed by atoms with Crippen LogP contribution in [0, 0.1) is 10.1 Å². The lowest BCUT2D eigenvalue weighted by Gasteiger charge is -2.13. The molecule has 3 aromatic carbocycles. The van der Waals surface area contributed by atoms with Gasteiger partial charge in [-0.25, -0.2) is 9.78 Å². The van der Waals surface area contributed by atoms with Gasteiger partial charge in [-0.05, 0) is 30.3 Å². The van der Waals surface area contributed by atoms with E-state index in [4.69, 9.17) is 0 Å². The molecule has 0 aliphatic heterocycles. The van der Waals surface area contributed by atoms with E-state index in [1.54, 1.807) is 55.6 Å². The normalized spacial score (nSPS) is 11.2. The molecule has 0 unspecified atom stereocenters. The molecule has 37 heavy (non-hydrogen) atoms. The van der Waals surface area contributed by atoms with Crippen LogP contribution in [-0.4, -0.2) is 35.3 Å². The molecule has 0 aliphatic carbocycles. The number of rotatable bonds is 6. The van der Waals surface area contributed by atoms with E-state index < -0.39 is 10.8 Å². The summed E-state index contributed by atoms with van der Waals surface area (Å²) in [5.74, 6) is -0.698. The average Bonchev–Trinajstić information content (AvgIpc) is 3.10. The second-order valence-corrected chi connectivity index (χ2v) is 9.18. The molecule has 0 spiro atoms. The number of benzene rings is 3. The van der Waals surface area contributed by atoms with E-state index in [0.717, 1.165) is 11.8 Å². The summed E-state index contributed by atoms with van der Waals surface area (Å²) in [5, 5.41) is 15.0. The Kier molecular flexibility index (Phi) is 6.09. The molecule has 5 aromatic rings. The Balaban J connectivity index is 1.48. The van der Waals surface area contributed by atoms with Crippen LogP contribution in [0.1, 0.15) is 0 Å². The number of thioether (sulfide) groups is 1. The van der Waals surface area contributed by atoms with Crippen molar-refractivity contribution in [3.8, 4) is 5.69 Å². The number of aromatic nitrogens is 4. The van der Waals surface area contributed by atoms with E-state index in [9.17, 15) is 24.5 Å². The molecular weight excluding hydrogens is 496 g/mol. The predicted molar refractivity (Wildman–Crippen MR) is 142 cm³/mol. The summed E-state index contributed by atoms with van der Waals surface area (Å²) in [6.07, 6.45) is 0. The molecule has 2 heterocycles. The topological polar surface area (TPSA) is 134 Å². The zero-order valence-electron chi connectivity index (χ0n) is 19.7. The Bertz CT molecular complexity index is 1820. The minimum Gasteiger partial charge on any atom is -0.320 e. The summed E-state index contributed by atoms with van der Waals surface area (Å²) in [7, 11) is 3.07. The molecule has 12 heteroatoms. The van der Waals surface area contributed by atoms with Crippen molar-refractivity contribution in [2.75, 3.05) is 11.1 Å². The zero-order valence-corrected chi connectivity index (χ0v) is 20.6. The van der Waals surface area contributed by atoms with Gasteiger partial charge < -0.3 is 5.32 Å². The number of amides is 1. The highest BCUT2D eigenvalue weighted by atomic mass is 32.2. The predicted octanol–water partition coefficient (Wildman–Crippen LogP) is 3.22. The lowest BCUT2D eigenvalue weighted by atomic mass is 10.2. The number of fused-ring (bicyclic) bond motifs is 2. The molecule has 0 radical (unpaired) electrons. The first-order valence-electron chi connectivity index (χ1n) is 11.1. The number of imidazole rings is 1. The van der Waals surface area contributed by atoms with Gasteiger partial charge in [-0.2, -0.15) is 0 Å². The second-order valence-electron chi connectivity index (χ2n) is 8.24. The van der Waals surface area contributed by atoms with Crippen LogP contribution in [0.15, 0.2) is 81.5 Å². The summed E-state index contributed by atoms with van der Waals surface area (Å²) in [4.78, 5) is 54.1. The lowest BCUT2D eigenvalue weighted by molar-refractivity contribution is -0.383. The molecule has 0 fully saturated rings. The van der Waals surface area contributed by atoms with E-state index in [1.165, 1.54) is 32.9 Å². The first-order chi connectivity index (χ1) is 17.8. The number of carbonyl (C=O) groups is 1. The smallest absolute Gasteiger partial charge is 0.320 e. The quantitative estimate of drug-likeness (QED) is 0.158. The van der Waals surface area contributed by atoms with Crippen LogP contribution in [0.5, 0.6) is 0 Å². The van der Waals surface area contributed by atoms with Gasteiger partial charge in [-0.15, -0.1) is 0 Å². The van der Waals surface area contributed by atoms with Crippen molar-refractivity contribution in [2.24, 2.45) is 14.1 Å². The van der Waals surface area contributed by atoms with E-state index in [2.05, 4.69) is 10.3 Å². The van der Waals surface area contributed by atoms with Crippen molar-refractivity contribution in [2.45, 2.75) is 5.16 Å². The Labute approximate surface area is 213 Å². The Morgan fingerprint density at radius 3 is 2.35 bits per heavy atom. The van der Waals surface area contributed by atoms with Crippen LogP contribution in [0.25, 0.3) is 27.6 Å². The number of carbonyl (C=O) groups excluding carboxylic acids is 1. The largest absolute Gasteiger partial charge is 0.328 e. The Hall–Kier alpha value is -4.71. The number of nitrogens with one attached hydrogen (secondary N) is 1. The fraction of sp³-hybridized carbons (Fsp3) is 0.120. The third-order valence-corrected chi connectivity index (χ3v) is 6.89. The molecule has 1 N–H and O–H groups in total. The van der Waals surface area contributed by atoms with Crippen LogP contribution in [-0.2, 0) is 18.9 Å². The summed E-state index contributed by atoms with van der Waals surface area (Å²) in [6.45, 7) is 0. The second kappa shape index (κ2) is 9.39. The molecule has 186 valence electrons. The van der Waals surface area contributed by atoms with Gasteiger partial charge in [0.1, 0.15) is 5.69 Å². The fourth-order valence-corrected chi connectivity index (χ4v) is 4.93. The summed E-state index contributed by atoms with van der Waals surface area (Å²) in [6, 6.07) is 18.6. The Morgan fingerprint density at radius 2 is 1.65 bits per heavy atom. The van der Waals surface area contributed by atoms with Crippen molar-refractivity contribution >= 4 is 51.0 Å². The van der Waals surface area contributed by atoms with Gasteiger partial charge in [-0.1, -0.05) is 42.1 Å². The maximum atomic E-state index is 13.3. The van der Waals surface area contributed by atoms with Crippen LogP contribution in [0.4, 0.5) is 11.4 Å². The first-order valence-corrected chi connectivity index (χ1v) is 12.1. The van der Waals surface area contributed by atoms with Crippen molar-refractivity contribution in [3.63, 3.8) is 0 Å². The molecular formula is C25H20N6O5S. The zero-order chi connectivity index (χ0) is 26.3. The molecule has 0 aliphatic rings. The molecule has 11 nitrogen and oxygen atoms in total. The molecule has 2 aromatic heterocycles. The van der Waals surface area contributed by atoms with Gasteiger partial charge in [0, 0.05) is 20.2 Å². The standard InChI is InChI=1S/C25H20N6O5S/c1-28-20-12-18(19(31(35)36)13-21(20)29(2)25(28)34)26-22(32)14-37-24-27-17-11-7-6-10-16(17)23(33)30(24)15-8-4-3-5-9-15/h3-13H,14H2,1-2H3,(H,26,32). The van der Waals surface area contributed by atoms with E-state index >= 15 is 0 Å². The third kappa shape index (κ3) is 4.27. The number of hydrogen-bond donors (Lipinski definition) is 1. The minimum atomic E-state index is -0.613. The number of nitro benzene ring substituents is 1. The van der Waals surface area contributed by atoms with Gasteiger partial charge >= 0.3 is 5.69 Å². The molecule has 0 saturated heterocycles. The van der Waals surface area contributed by atoms with Gasteiger partial charge in [-0.3, -0.25) is 33.4 Å². The molecule has 0 saturated carbocycles. The van der Waals surface area contributed by atoms with Crippen LogP contribution in [0.3, 0.4) is 0 Å². The molecule has 1 amide bonds. The van der Waals surface area contributed by atoms with Crippen molar-refractivity contribution in [1.82, 2.24) is 18.7 Å². The number of aryl methyl sites for hydroxylation is 2. The number of anilines is 1. The van der Waals surface area contributed by atoms with E-state index in [-0.39, 0.29) is 28.4 Å². The Morgan fingerprint density at radius 1 is 1.00 bits per heavy atom. The highest BCUT2D eigenvalue weighted by Crippen LogP contribution is 2.30.